The van der Waals surface area contributed by atoms with Crippen molar-refractivity contribution in [2.24, 2.45) is 0 Å². The Labute approximate surface area is 162 Å². The van der Waals surface area contributed by atoms with Gasteiger partial charge in [-0.05, 0) is 44.9 Å². The highest BCUT2D eigenvalue weighted by Crippen LogP contribution is 2.21. The van der Waals surface area contributed by atoms with Gasteiger partial charge in [0.15, 0.2) is 12.3 Å². The first-order chi connectivity index (χ1) is 13.5. The third-order valence-corrected chi connectivity index (χ3v) is 5.19. The van der Waals surface area contributed by atoms with Crippen LogP contribution in [0.4, 0.5) is 0 Å². The van der Waals surface area contributed by atoms with E-state index in [1.807, 2.05) is 32.0 Å². The number of aromatic nitrogens is 3. The zero-order chi connectivity index (χ0) is 19.7. The molecule has 0 spiro atoms. The number of rotatable bonds is 6. The smallest absolute Gasteiger partial charge is 0.359 e. The average molecular weight is 381 g/mol. The van der Waals surface area contributed by atoms with Gasteiger partial charge in [-0.1, -0.05) is 6.07 Å². The standard InChI is InChI=1S/C21H23N3O4/c1-14-10-17(15(2)24(14)11-16-6-5-9-27-16)19(25)13-28-21(26)18-12-23-8-4-3-7-20(23)22-18/h3-4,7-8,10,12,16H,5-6,9,11,13H2,1-2H3/t16-/m1/s1. The lowest BCUT2D eigenvalue weighted by Crippen LogP contribution is -2.18. The lowest BCUT2D eigenvalue weighted by atomic mass is 10.1. The summed E-state index contributed by atoms with van der Waals surface area (Å²) in [5.74, 6) is -0.825. The van der Waals surface area contributed by atoms with Gasteiger partial charge in [-0.2, -0.15) is 0 Å². The molecule has 0 aliphatic carbocycles. The molecule has 1 aliphatic heterocycles. The molecule has 1 fully saturated rings. The Bertz CT molecular complexity index is 995. The Morgan fingerprint density at radius 1 is 1.32 bits per heavy atom. The predicted octanol–water partition coefficient (Wildman–Crippen LogP) is 2.97. The number of hydrogen-bond donors (Lipinski definition) is 0. The van der Waals surface area contributed by atoms with Crippen LogP contribution in [-0.4, -0.2) is 45.0 Å². The van der Waals surface area contributed by atoms with E-state index in [1.54, 1.807) is 22.9 Å². The molecule has 7 heteroatoms. The molecule has 3 aromatic rings. The fraction of sp³-hybridized carbons (Fsp3) is 0.381. The van der Waals surface area contributed by atoms with Crippen molar-refractivity contribution in [1.82, 2.24) is 14.0 Å². The lowest BCUT2D eigenvalue weighted by molar-refractivity contribution is 0.0469. The highest BCUT2D eigenvalue weighted by molar-refractivity contribution is 6.00. The number of pyridine rings is 1. The molecule has 4 heterocycles. The van der Waals surface area contributed by atoms with E-state index in [0.717, 1.165) is 37.4 Å². The van der Waals surface area contributed by atoms with Gasteiger partial charge in [-0.25, -0.2) is 9.78 Å². The number of hydrogen-bond acceptors (Lipinski definition) is 5. The number of Topliss-reactive ketones (excluding diaryl/α,β-unsaturated/α-hetero) is 1. The van der Waals surface area contributed by atoms with Crippen molar-refractivity contribution in [2.75, 3.05) is 13.2 Å². The van der Waals surface area contributed by atoms with E-state index < -0.39 is 5.97 Å². The zero-order valence-electron chi connectivity index (χ0n) is 16.1. The van der Waals surface area contributed by atoms with E-state index >= 15 is 0 Å². The second kappa shape index (κ2) is 7.59. The molecule has 0 bridgehead atoms. The van der Waals surface area contributed by atoms with Gasteiger partial charge >= 0.3 is 5.97 Å². The molecule has 4 rings (SSSR count). The van der Waals surface area contributed by atoms with E-state index in [4.69, 9.17) is 9.47 Å². The third kappa shape index (κ3) is 3.57. The molecular weight excluding hydrogens is 358 g/mol. The molecule has 7 nitrogen and oxygen atoms in total. The summed E-state index contributed by atoms with van der Waals surface area (Å²) in [6, 6.07) is 7.34. The number of imidazole rings is 1. The number of ketones is 1. The summed E-state index contributed by atoms with van der Waals surface area (Å²) < 4.78 is 14.8. The van der Waals surface area contributed by atoms with Gasteiger partial charge in [0.1, 0.15) is 5.65 Å². The summed E-state index contributed by atoms with van der Waals surface area (Å²) in [5.41, 5.74) is 3.30. The van der Waals surface area contributed by atoms with Crippen molar-refractivity contribution in [3.63, 3.8) is 0 Å². The second-order valence-electron chi connectivity index (χ2n) is 7.12. The lowest BCUT2D eigenvalue weighted by Gasteiger charge is -2.14. The summed E-state index contributed by atoms with van der Waals surface area (Å²) in [4.78, 5) is 29.1. The summed E-state index contributed by atoms with van der Waals surface area (Å²) >= 11 is 0. The van der Waals surface area contributed by atoms with Gasteiger partial charge < -0.3 is 18.4 Å². The van der Waals surface area contributed by atoms with Crippen LogP contribution >= 0.6 is 0 Å². The third-order valence-electron chi connectivity index (χ3n) is 5.19. The van der Waals surface area contributed by atoms with Gasteiger partial charge in [0.05, 0.1) is 6.10 Å². The molecule has 0 unspecified atom stereocenters. The van der Waals surface area contributed by atoms with Crippen LogP contribution < -0.4 is 0 Å². The zero-order valence-corrected chi connectivity index (χ0v) is 16.1. The van der Waals surface area contributed by atoms with Crippen LogP contribution in [0.5, 0.6) is 0 Å². The van der Waals surface area contributed by atoms with Crippen LogP contribution in [0.25, 0.3) is 5.65 Å². The Morgan fingerprint density at radius 3 is 2.93 bits per heavy atom. The number of nitrogens with zero attached hydrogens (tertiary/aromatic N) is 3. The average Bonchev–Trinajstić information content (AvgIpc) is 3.41. The molecule has 1 saturated heterocycles. The van der Waals surface area contributed by atoms with Crippen molar-refractivity contribution in [1.29, 1.82) is 0 Å². The molecule has 0 amide bonds. The Morgan fingerprint density at radius 2 is 2.18 bits per heavy atom. The van der Waals surface area contributed by atoms with Gasteiger partial charge in [-0.3, -0.25) is 4.79 Å². The van der Waals surface area contributed by atoms with Gasteiger partial charge in [0, 0.05) is 42.5 Å². The number of ether oxygens (including phenoxy) is 2. The summed E-state index contributed by atoms with van der Waals surface area (Å²) in [5, 5.41) is 0. The van der Waals surface area contributed by atoms with E-state index in [0.29, 0.717) is 11.2 Å². The Balaban J connectivity index is 1.42. The number of carbonyl (C=O) groups excluding carboxylic acids is 2. The first-order valence-electron chi connectivity index (χ1n) is 9.45. The van der Waals surface area contributed by atoms with Crippen LogP contribution in [0.1, 0.15) is 45.1 Å². The van der Waals surface area contributed by atoms with Gasteiger partial charge in [0.2, 0.25) is 5.78 Å². The van der Waals surface area contributed by atoms with Gasteiger partial charge in [0.25, 0.3) is 0 Å². The minimum Gasteiger partial charge on any atom is -0.453 e. The highest BCUT2D eigenvalue weighted by Gasteiger charge is 2.22. The number of carbonyl (C=O) groups is 2. The fourth-order valence-electron chi connectivity index (χ4n) is 3.67. The van der Waals surface area contributed by atoms with Crippen LogP contribution in [0.2, 0.25) is 0 Å². The van der Waals surface area contributed by atoms with E-state index in [1.165, 1.54) is 0 Å². The van der Waals surface area contributed by atoms with Crippen molar-refractivity contribution >= 4 is 17.4 Å². The summed E-state index contributed by atoms with van der Waals surface area (Å²) in [7, 11) is 0. The minimum absolute atomic E-state index is 0.183. The molecule has 146 valence electrons. The Kier molecular flexibility index (Phi) is 5.00. The van der Waals surface area contributed by atoms with Crippen molar-refractivity contribution in [3.05, 3.63) is 59.3 Å². The Hall–Kier alpha value is -2.93. The topological polar surface area (TPSA) is 74.8 Å². The second-order valence-corrected chi connectivity index (χ2v) is 7.12. The number of esters is 1. The fourth-order valence-corrected chi connectivity index (χ4v) is 3.67. The van der Waals surface area contributed by atoms with Crippen LogP contribution in [0.15, 0.2) is 36.7 Å². The molecule has 1 atom stereocenters. The largest absolute Gasteiger partial charge is 0.453 e. The summed E-state index contributed by atoms with van der Waals surface area (Å²) in [6.07, 6.45) is 5.70. The van der Waals surface area contributed by atoms with Crippen molar-refractivity contribution < 1.29 is 19.1 Å². The van der Waals surface area contributed by atoms with E-state index in [2.05, 4.69) is 9.55 Å². The molecule has 0 aromatic carbocycles. The predicted molar refractivity (Wildman–Crippen MR) is 103 cm³/mol. The first kappa shape index (κ1) is 18.4. The monoisotopic (exact) mass is 381 g/mol. The van der Waals surface area contributed by atoms with Crippen LogP contribution in [0.3, 0.4) is 0 Å². The van der Waals surface area contributed by atoms with Crippen LogP contribution in [-0.2, 0) is 16.0 Å². The molecule has 0 N–H and O–H groups in total. The van der Waals surface area contributed by atoms with Crippen molar-refractivity contribution in [2.45, 2.75) is 39.3 Å². The maximum atomic E-state index is 12.6. The highest BCUT2D eigenvalue weighted by atomic mass is 16.5. The van der Waals surface area contributed by atoms with E-state index in [-0.39, 0.29) is 24.2 Å². The first-order valence-corrected chi connectivity index (χ1v) is 9.45. The molecule has 1 aliphatic rings. The molecule has 28 heavy (non-hydrogen) atoms. The normalized spacial score (nSPS) is 16.6. The SMILES string of the molecule is Cc1cc(C(=O)COC(=O)c2cn3ccccc3n2)c(C)n1C[C@H]1CCCO1. The van der Waals surface area contributed by atoms with Gasteiger partial charge in [-0.15, -0.1) is 0 Å². The molecular formula is C21H23N3O4. The molecule has 0 saturated carbocycles. The quantitative estimate of drug-likeness (QED) is 0.485. The minimum atomic E-state index is -0.606. The van der Waals surface area contributed by atoms with E-state index in [9.17, 15) is 9.59 Å². The number of aryl methyl sites for hydroxylation is 1. The van der Waals surface area contributed by atoms with Crippen LogP contribution in [0, 0.1) is 13.8 Å². The maximum Gasteiger partial charge on any atom is 0.359 e. The molecule has 3 aromatic heterocycles. The maximum absolute atomic E-state index is 12.6. The summed E-state index contributed by atoms with van der Waals surface area (Å²) in [6.45, 7) is 5.12. The molecule has 0 radical (unpaired) electrons. The van der Waals surface area contributed by atoms with Crippen molar-refractivity contribution in [3.8, 4) is 0 Å². The number of fused-ring (bicyclic) bond motifs is 1.